The minimum atomic E-state index is 0.732. The second-order valence-corrected chi connectivity index (χ2v) is 6.04. The van der Waals surface area contributed by atoms with Gasteiger partial charge < -0.3 is 0 Å². The molecule has 1 rings (SSSR count). The van der Waals surface area contributed by atoms with Crippen LogP contribution in [-0.4, -0.2) is 13.1 Å². The third kappa shape index (κ3) is 13.8. The van der Waals surface area contributed by atoms with Crippen LogP contribution >= 0.6 is 0 Å². The van der Waals surface area contributed by atoms with Crippen LogP contribution < -0.4 is 0 Å². The molecule has 0 radical (unpaired) electrons. The Hall–Kier alpha value is -1.20. The van der Waals surface area contributed by atoms with Crippen LogP contribution in [0.4, 0.5) is 0 Å². The minimum Gasteiger partial charge on any atom is -0.167 e. The molecule has 0 bridgehead atoms. The lowest BCUT2D eigenvalue weighted by Gasteiger charge is -2.03. The first-order chi connectivity index (χ1) is 11.0. The Morgan fingerprint density at radius 3 is 0.864 bits per heavy atom. The van der Waals surface area contributed by atoms with Crippen LogP contribution in [0.3, 0.4) is 0 Å². The van der Waals surface area contributed by atoms with Gasteiger partial charge in [-0.15, -0.1) is 0 Å². The summed E-state index contributed by atoms with van der Waals surface area (Å²) in [5.41, 5.74) is 0. The van der Waals surface area contributed by atoms with Gasteiger partial charge in [-0.2, -0.15) is 10.2 Å². The van der Waals surface area contributed by atoms with Crippen molar-refractivity contribution in [3.63, 3.8) is 0 Å². The van der Waals surface area contributed by atoms with Crippen molar-refractivity contribution >= 4 is 0 Å². The Morgan fingerprint density at radius 1 is 0.273 bits per heavy atom. The molecule has 1 aliphatic rings. The van der Waals surface area contributed by atoms with Crippen LogP contribution in [0.25, 0.3) is 0 Å². The Labute approximate surface area is 134 Å². The van der Waals surface area contributed by atoms with E-state index in [-0.39, 0.29) is 0 Å². The summed E-state index contributed by atoms with van der Waals surface area (Å²) in [6.45, 7) is 1.46. The second-order valence-electron chi connectivity index (χ2n) is 6.04. The molecule has 0 aromatic rings. The summed E-state index contributed by atoms with van der Waals surface area (Å²) >= 11 is 0. The van der Waals surface area contributed by atoms with E-state index in [1.807, 2.05) is 0 Å². The van der Waals surface area contributed by atoms with E-state index in [0.717, 1.165) is 25.9 Å². The highest BCUT2D eigenvalue weighted by Crippen LogP contribution is 2.13. The van der Waals surface area contributed by atoms with Gasteiger partial charge in [0, 0.05) is 0 Å². The molecule has 0 aromatic carbocycles. The largest absolute Gasteiger partial charge is 0.167 e. The summed E-state index contributed by atoms with van der Waals surface area (Å²) in [6, 6.07) is 0. The highest BCUT2D eigenvalue weighted by molar-refractivity contribution is 4.50. The molecule has 6 nitrogen and oxygen atoms in total. The minimum absolute atomic E-state index is 0.732. The number of rotatable bonds is 0. The van der Waals surface area contributed by atoms with Crippen molar-refractivity contribution in [1.29, 1.82) is 0 Å². The van der Waals surface area contributed by atoms with Crippen molar-refractivity contribution in [2.75, 3.05) is 13.1 Å². The molecule has 0 saturated carbocycles. The molecule has 0 saturated heterocycles. The first-order valence-corrected chi connectivity index (χ1v) is 9.13. The van der Waals surface area contributed by atoms with E-state index in [4.69, 9.17) is 0 Å². The average molecular weight is 308 g/mol. The number of hydrogen-bond acceptors (Lipinski definition) is 6. The van der Waals surface area contributed by atoms with Crippen molar-refractivity contribution < 1.29 is 0 Å². The topological polar surface area (TPSA) is 74.2 Å². The maximum absolute atomic E-state index is 3.95. The fraction of sp³-hybridized carbons (Fsp3) is 1.00. The van der Waals surface area contributed by atoms with Gasteiger partial charge in [0.1, 0.15) is 0 Å². The van der Waals surface area contributed by atoms with Crippen LogP contribution in [0.2, 0.25) is 0 Å². The lowest BCUT2D eigenvalue weighted by Crippen LogP contribution is -1.85. The molecule has 0 fully saturated rings. The van der Waals surface area contributed by atoms with Crippen LogP contribution in [0.1, 0.15) is 89.9 Å². The average Bonchev–Trinajstić information content (AvgIpc) is 2.53. The van der Waals surface area contributed by atoms with Gasteiger partial charge in [-0.05, 0) is 33.7 Å². The van der Waals surface area contributed by atoms with E-state index in [9.17, 15) is 0 Å². The van der Waals surface area contributed by atoms with E-state index in [1.54, 1.807) is 0 Å². The summed E-state index contributed by atoms with van der Waals surface area (Å²) < 4.78 is 0. The van der Waals surface area contributed by atoms with Gasteiger partial charge in [0.25, 0.3) is 0 Å². The Kier molecular flexibility index (Phi) is 13.9. The quantitative estimate of drug-likeness (QED) is 0.480. The Balaban J connectivity index is 2.16. The van der Waals surface area contributed by atoms with Gasteiger partial charge in [0.2, 0.25) is 0 Å². The number of hydrogen-bond donors (Lipinski definition) is 0. The molecule has 0 aliphatic carbocycles. The maximum atomic E-state index is 3.95. The fourth-order valence-electron chi connectivity index (χ4n) is 2.67. The van der Waals surface area contributed by atoms with Crippen LogP contribution in [0.5, 0.6) is 0 Å². The van der Waals surface area contributed by atoms with E-state index in [1.165, 1.54) is 77.0 Å². The third-order valence-corrected chi connectivity index (χ3v) is 4.01. The van der Waals surface area contributed by atoms with Crippen LogP contribution in [-0.2, 0) is 0 Å². The smallest absolute Gasteiger partial charge is 0.0621 e. The molecule has 0 atom stereocenters. The van der Waals surface area contributed by atoms with Crippen molar-refractivity contribution in [3.05, 3.63) is 0 Å². The lowest BCUT2D eigenvalue weighted by atomic mass is 10.0. The maximum Gasteiger partial charge on any atom is 0.0621 e. The van der Waals surface area contributed by atoms with Crippen molar-refractivity contribution in [2.45, 2.75) is 89.9 Å². The molecule has 0 amide bonds. The van der Waals surface area contributed by atoms with Crippen molar-refractivity contribution in [1.82, 2.24) is 0 Å². The molecule has 22 heavy (non-hydrogen) atoms. The summed E-state index contributed by atoms with van der Waals surface area (Å²) in [7, 11) is 0. The van der Waals surface area contributed by atoms with Gasteiger partial charge >= 0.3 is 0 Å². The van der Waals surface area contributed by atoms with Gasteiger partial charge in [0.05, 0.1) is 13.1 Å². The molecular weight excluding hydrogens is 276 g/mol. The van der Waals surface area contributed by atoms with E-state index in [2.05, 4.69) is 31.1 Å². The summed E-state index contributed by atoms with van der Waals surface area (Å²) in [5.74, 6) is 0. The molecule has 0 spiro atoms. The van der Waals surface area contributed by atoms with Crippen molar-refractivity contribution in [3.8, 4) is 0 Å². The summed E-state index contributed by atoms with van der Waals surface area (Å²) in [5, 5.41) is 22.1. The molecule has 1 heterocycles. The first-order valence-electron chi connectivity index (χ1n) is 9.13. The fourth-order valence-corrected chi connectivity index (χ4v) is 2.67. The van der Waals surface area contributed by atoms with Gasteiger partial charge in [-0.1, -0.05) is 77.0 Å². The molecule has 0 unspecified atom stereocenters. The molecule has 126 valence electrons. The van der Waals surface area contributed by atoms with Crippen LogP contribution in [0.15, 0.2) is 31.1 Å². The highest BCUT2D eigenvalue weighted by atomic mass is 15.6. The zero-order chi connectivity index (χ0) is 15.6. The summed E-state index contributed by atoms with van der Waals surface area (Å²) in [6.07, 6.45) is 18.4. The lowest BCUT2D eigenvalue weighted by molar-refractivity contribution is 0.532. The Morgan fingerprint density at radius 2 is 0.545 bits per heavy atom. The van der Waals surface area contributed by atoms with E-state index in [0.29, 0.717) is 0 Å². The predicted octanol–water partition coefficient (Wildman–Crippen LogP) is 6.65. The number of nitrogens with zero attached hydrogens (tertiary/aromatic N) is 6. The van der Waals surface area contributed by atoms with Gasteiger partial charge in [-0.25, -0.2) is 0 Å². The van der Waals surface area contributed by atoms with E-state index >= 15 is 0 Å². The molecular formula is C16H32N6. The Bertz CT molecular complexity index is 284. The zero-order valence-corrected chi connectivity index (χ0v) is 14.0. The summed E-state index contributed by atoms with van der Waals surface area (Å²) in [4.78, 5) is 0. The predicted molar refractivity (Wildman–Crippen MR) is 88.9 cm³/mol. The second kappa shape index (κ2) is 16.2. The molecule has 0 N–H and O–H groups in total. The molecule has 6 heteroatoms. The normalized spacial score (nSPS) is 23.3. The van der Waals surface area contributed by atoms with Gasteiger partial charge in [-0.3, -0.25) is 0 Å². The van der Waals surface area contributed by atoms with E-state index < -0.39 is 0 Å². The highest BCUT2D eigenvalue weighted by Gasteiger charge is 1.94. The van der Waals surface area contributed by atoms with Crippen LogP contribution in [0, 0.1) is 0 Å². The van der Waals surface area contributed by atoms with Gasteiger partial charge in [0.15, 0.2) is 0 Å². The third-order valence-electron chi connectivity index (χ3n) is 4.01. The first kappa shape index (κ1) is 18.8. The monoisotopic (exact) mass is 308 g/mol. The zero-order valence-electron chi connectivity index (χ0n) is 14.0. The molecule has 0 aromatic heterocycles. The molecule has 1 aliphatic heterocycles. The van der Waals surface area contributed by atoms with Crippen molar-refractivity contribution in [2.24, 2.45) is 31.1 Å². The standard InChI is InChI=1S/C16H32N6/c1-2-4-6-8-10-12-14-16-18-20-22-21-19-17-15-13-11-9-7-5-3-1/h1-16H2/b19-17?,20-18?,22-21-. The SMILES string of the molecule is C1CCCCCCCCN=N/N=N\N=NCCCCCCC1.